The Morgan fingerprint density at radius 1 is 1.33 bits per heavy atom. The molecule has 1 unspecified atom stereocenters. The van der Waals surface area contributed by atoms with Crippen molar-refractivity contribution in [2.24, 2.45) is 0 Å². The zero-order valence-electron chi connectivity index (χ0n) is 14.1. The maximum absolute atomic E-state index is 13.8. The number of benzene rings is 1. The molecule has 0 bridgehead atoms. The van der Waals surface area contributed by atoms with Crippen LogP contribution in [0.15, 0.2) is 18.2 Å². The minimum atomic E-state index is -1.49. The molecule has 1 fully saturated rings. The van der Waals surface area contributed by atoms with Crippen molar-refractivity contribution in [3.05, 3.63) is 34.6 Å². The third-order valence-corrected chi connectivity index (χ3v) is 6.10. The van der Waals surface area contributed by atoms with Gasteiger partial charge in [0.2, 0.25) is 0 Å². The summed E-state index contributed by atoms with van der Waals surface area (Å²) >= 11 is 5.94. The van der Waals surface area contributed by atoms with Crippen molar-refractivity contribution in [3.8, 4) is 0 Å². The molecule has 0 amide bonds. The molecular formula is C17H24ClF2NO2S. The lowest BCUT2D eigenvalue weighted by Gasteiger charge is -2.41. The second-order valence-electron chi connectivity index (χ2n) is 7.41. The van der Waals surface area contributed by atoms with Gasteiger partial charge in [-0.1, -0.05) is 11.6 Å². The summed E-state index contributed by atoms with van der Waals surface area (Å²) in [4.78, 5) is 0. The number of rotatable bonds is 4. The van der Waals surface area contributed by atoms with Gasteiger partial charge in [-0.15, -0.1) is 0 Å². The fourth-order valence-corrected chi connectivity index (χ4v) is 4.04. The molecule has 2 atom stereocenters. The van der Waals surface area contributed by atoms with E-state index in [0.29, 0.717) is 5.56 Å². The first-order valence-corrected chi connectivity index (χ1v) is 9.54. The Kier molecular flexibility index (Phi) is 6.06. The molecule has 0 spiro atoms. The highest BCUT2D eigenvalue weighted by Gasteiger charge is 2.43. The zero-order chi connectivity index (χ0) is 18.1. The highest BCUT2D eigenvalue weighted by Crippen LogP contribution is 2.40. The molecular weight excluding hydrogens is 356 g/mol. The molecule has 0 aliphatic heterocycles. The van der Waals surface area contributed by atoms with Gasteiger partial charge in [0.1, 0.15) is 12.0 Å². The van der Waals surface area contributed by atoms with Crippen LogP contribution >= 0.6 is 11.6 Å². The standard InChI is InChI=1S/C17H24ClF2NO2S/c1-16(2,3)24(23)21-15(11-8-12(18)10-14(20)9-11)17(22)6-4-13(19)5-7-17/h8-10,13,15,21-22H,4-7H2,1-3H3/t13?,15-,17?,24?/m0/s1. The Balaban J connectivity index is 2.39. The van der Waals surface area contributed by atoms with E-state index in [1.54, 1.807) is 26.8 Å². The number of halogens is 3. The van der Waals surface area contributed by atoms with E-state index in [4.69, 9.17) is 11.6 Å². The van der Waals surface area contributed by atoms with Crippen LogP contribution in [0.4, 0.5) is 8.78 Å². The molecule has 3 nitrogen and oxygen atoms in total. The van der Waals surface area contributed by atoms with Crippen LogP contribution in [0.3, 0.4) is 0 Å². The molecule has 0 saturated heterocycles. The van der Waals surface area contributed by atoms with Crippen molar-refractivity contribution in [3.63, 3.8) is 0 Å². The number of hydrogen-bond acceptors (Lipinski definition) is 2. The van der Waals surface area contributed by atoms with Gasteiger partial charge >= 0.3 is 0 Å². The predicted octanol–water partition coefficient (Wildman–Crippen LogP) is 4.22. The molecule has 1 aliphatic carbocycles. The Morgan fingerprint density at radius 3 is 2.42 bits per heavy atom. The molecule has 136 valence electrons. The molecule has 1 aromatic carbocycles. The fraction of sp³-hybridized carbons (Fsp3) is 0.647. The van der Waals surface area contributed by atoms with Crippen LogP contribution < -0.4 is 4.72 Å². The molecule has 2 N–H and O–H groups in total. The summed E-state index contributed by atoms with van der Waals surface area (Å²) in [7, 11) is -1.49. The average Bonchev–Trinajstić information content (AvgIpc) is 2.45. The first kappa shape index (κ1) is 19.8. The minimum Gasteiger partial charge on any atom is -0.388 e. The Morgan fingerprint density at radius 2 is 1.92 bits per heavy atom. The van der Waals surface area contributed by atoms with Gasteiger partial charge in [0.05, 0.1) is 27.4 Å². The lowest BCUT2D eigenvalue weighted by molar-refractivity contribution is -0.0405. The van der Waals surface area contributed by atoms with Gasteiger partial charge in [0.15, 0.2) is 0 Å². The lowest BCUT2D eigenvalue weighted by Crippen LogP contribution is -2.49. The molecule has 7 heteroatoms. The van der Waals surface area contributed by atoms with Gasteiger partial charge in [-0.05, 0) is 70.2 Å². The van der Waals surface area contributed by atoms with Gasteiger partial charge in [0.25, 0.3) is 0 Å². The highest BCUT2D eigenvalue weighted by molar-refractivity contribution is 7.84. The molecule has 1 aromatic rings. The maximum atomic E-state index is 13.8. The fourth-order valence-electron chi connectivity index (χ4n) is 2.88. The van der Waals surface area contributed by atoms with Gasteiger partial charge in [0, 0.05) is 5.02 Å². The predicted molar refractivity (Wildman–Crippen MR) is 93.5 cm³/mol. The van der Waals surface area contributed by atoms with Crippen molar-refractivity contribution in [2.75, 3.05) is 0 Å². The summed E-state index contributed by atoms with van der Waals surface area (Å²) in [5.74, 6) is -0.534. The lowest BCUT2D eigenvalue weighted by atomic mass is 9.76. The highest BCUT2D eigenvalue weighted by atomic mass is 35.5. The molecule has 24 heavy (non-hydrogen) atoms. The summed E-state index contributed by atoms with van der Waals surface area (Å²) in [6.07, 6.45) is -0.0855. The first-order chi connectivity index (χ1) is 11.0. The Bertz CT molecular complexity index is 593. The van der Waals surface area contributed by atoms with Crippen LogP contribution in [0.25, 0.3) is 0 Å². The second kappa shape index (κ2) is 7.36. The Hall–Kier alpha value is -0.560. The molecule has 0 aromatic heterocycles. The van der Waals surface area contributed by atoms with E-state index in [1.165, 1.54) is 12.1 Å². The Labute approximate surface area is 149 Å². The zero-order valence-corrected chi connectivity index (χ0v) is 15.7. The average molecular weight is 380 g/mol. The van der Waals surface area contributed by atoms with Gasteiger partial charge in [-0.25, -0.2) is 17.7 Å². The third kappa shape index (κ3) is 4.75. The van der Waals surface area contributed by atoms with E-state index in [2.05, 4.69) is 4.72 Å². The summed E-state index contributed by atoms with van der Waals surface area (Å²) in [5, 5.41) is 11.3. The first-order valence-electron chi connectivity index (χ1n) is 8.02. The van der Waals surface area contributed by atoms with Crippen LogP contribution in [-0.4, -0.2) is 25.8 Å². The number of alkyl halides is 1. The monoisotopic (exact) mass is 379 g/mol. The normalized spacial score (nSPS) is 27.7. The molecule has 1 aliphatic rings. The van der Waals surface area contributed by atoms with Crippen LogP contribution in [0.5, 0.6) is 0 Å². The van der Waals surface area contributed by atoms with E-state index < -0.39 is 39.4 Å². The maximum Gasteiger partial charge on any atom is 0.125 e. The largest absolute Gasteiger partial charge is 0.388 e. The number of hydrogen-bond donors (Lipinski definition) is 2. The van der Waals surface area contributed by atoms with Gasteiger partial charge in [-0.3, -0.25) is 0 Å². The summed E-state index contributed by atoms with van der Waals surface area (Å²) in [5.41, 5.74) is -0.891. The van der Waals surface area contributed by atoms with Crippen LogP contribution in [0, 0.1) is 5.82 Å². The molecule has 1 saturated carbocycles. The summed E-state index contributed by atoms with van der Waals surface area (Å²) < 4.78 is 42.2. The van der Waals surface area contributed by atoms with Crippen molar-refractivity contribution in [2.45, 2.75) is 69.0 Å². The van der Waals surface area contributed by atoms with Gasteiger partial charge < -0.3 is 5.11 Å². The van der Waals surface area contributed by atoms with E-state index >= 15 is 0 Å². The van der Waals surface area contributed by atoms with E-state index in [9.17, 15) is 18.1 Å². The topological polar surface area (TPSA) is 49.3 Å². The van der Waals surface area contributed by atoms with E-state index in [0.717, 1.165) is 0 Å². The molecule has 0 radical (unpaired) electrons. The van der Waals surface area contributed by atoms with Gasteiger partial charge in [-0.2, -0.15) is 0 Å². The molecule has 2 rings (SSSR count). The van der Waals surface area contributed by atoms with Crippen molar-refractivity contribution in [1.29, 1.82) is 0 Å². The quantitative estimate of drug-likeness (QED) is 0.823. The van der Waals surface area contributed by atoms with E-state index in [-0.39, 0.29) is 30.7 Å². The summed E-state index contributed by atoms with van der Waals surface area (Å²) in [6.45, 7) is 5.40. The second-order valence-corrected chi connectivity index (χ2v) is 9.85. The number of aliphatic hydroxyl groups is 1. The van der Waals surface area contributed by atoms with Crippen molar-refractivity contribution < 1.29 is 18.1 Å². The SMILES string of the molecule is CC(C)(C)S(=O)N[C@@H](c1cc(F)cc(Cl)c1)C1(O)CCC(F)CC1. The number of nitrogens with one attached hydrogen (secondary N) is 1. The van der Waals surface area contributed by atoms with E-state index in [1.807, 2.05) is 0 Å². The third-order valence-electron chi connectivity index (χ3n) is 4.32. The van der Waals surface area contributed by atoms with Crippen molar-refractivity contribution in [1.82, 2.24) is 4.72 Å². The van der Waals surface area contributed by atoms with Crippen LogP contribution in [0.2, 0.25) is 5.02 Å². The van der Waals surface area contributed by atoms with Crippen molar-refractivity contribution >= 4 is 22.6 Å². The smallest absolute Gasteiger partial charge is 0.125 e. The minimum absolute atomic E-state index is 0.195. The van der Waals surface area contributed by atoms with Crippen LogP contribution in [0.1, 0.15) is 58.1 Å². The molecule has 0 heterocycles. The van der Waals surface area contributed by atoms with Crippen LogP contribution in [-0.2, 0) is 11.0 Å². The summed E-state index contributed by atoms with van der Waals surface area (Å²) in [6, 6.07) is 3.19.